The standard InChI is InChI=1S/C17H14O3/c1-20-15-4-2-3-11(8-15)7-13-9-12-10-14(18)5-6-16(12)17(13)19/h2-8,10,18H,9H2,1H3/b13-7+. The minimum atomic E-state index is 0.0304. The summed E-state index contributed by atoms with van der Waals surface area (Å²) >= 11 is 0. The molecule has 3 nitrogen and oxygen atoms in total. The molecule has 2 aromatic rings. The van der Waals surface area contributed by atoms with E-state index in [-0.39, 0.29) is 11.5 Å². The van der Waals surface area contributed by atoms with Crippen LogP contribution in [0.4, 0.5) is 0 Å². The molecular weight excluding hydrogens is 252 g/mol. The number of rotatable bonds is 2. The normalized spacial score (nSPS) is 15.4. The van der Waals surface area contributed by atoms with Crippen molar-refractivity contribution >= 4 is 11.9 Å². The van der Waals surface area contributed by atoms with Crippen LogP contribution in [0.2, 0.25) is 0 Å². The lowest BCUT2D eigenvalue weighted by Gasteiger charge is -2.01. The van der Waals surface area contributed by atoms with Gasteiger partial charge in [0.05, 0.1) is 7.11 Å². The predicted octanol–water partition coefficient (Wildman–Crippen LogP) is 3.22. The molecule has 0 heterocycles. The molecule has 0 saturated heterocycles. The number of fused-ring (bicyclic) bond motifs is 1. The van der Waals surface area contributed by atoms with E-state index in [4.69, 9.17) is 4.74 Å². The zero-order chi connectivity index (χ0) is 14.1. The zero-order valence-corrected chi connectivity index (χ0v) is 11.1. The van der Waals surface area contributed by atoms with Gasteiger partial charge in [0.15, 0.2) is 5.78 Å². The molecule has 100 valence electrons. The highest BCUT2D eigenvalue weighted by Crippen LogP contribution is 2.30. The molecule has 3 rings (SSSR count). The number of Topliss-reactive ketones (excluding diaryl/α,β-unsaturated/α-hetero) is 1. The Morgan fingerprint density at radius 2 is 2.05 bits per heavy atom. The molecule has 2 aromatic carbocycles. The third-order valence-electron chi connectivity index (χ3n) is 3.44. The van der Waals surface area contributed by atoms with Crippen molar-refractivity contribution in [1.29, 1.82) is 0 Å². The van der Waals surface area contributed by atoms with Gasteiger partial charge >= 0.3 is 0 Å². The minimum Gasteiger partial charge on any atom is -0.508 e. The summed E-state index contributed by atoms with van der Waals surface area (Å²) in [6, 6.07) is 12.5. The van der Waals surface area contributed by atoms with E-state index in [9.17, 15) is 9.90 Å². The third kappa shape index (κ3) is 2.18. The zero-order valence-electron chi connectivity index (χ0n) is 11.1. The molecule has 20 heavy (non-hydrogen) atoms. The topological polar surface area (TPSA) is 46.5 Å². The van der Waals surface area contributed by atoms with Gasteiger partial charge in [-0.25, -0.2) is 0 Å². The average Bonchev–Trinajstić information content (AvgIpc) is 2.75. The van der Waals surface area contributed by atoms with Crippen LogP contribution < -0.4 is 4.74 Å². The second kappa shape index (κ2) is 4.85. The Morgan fingerprint density at radius 3 is 2.85 bits per heavy atom. The highest BCUT2D eigenvalue weighted by molar-refractivity contribution is 6.15. The smallest absolute Gasteiger partial charge is 0.189 e. The number of hydrogen-bond donors (Lipinski definition) is 1. The number of hydrogen-bond acceptors (Lipinski definition) is 3. The van der Waals surface area contributed by atoms with Gasteiger partial charge in [-0.3, -0.25) is 4.79 Å². The van der Waals surface area contributed by atoms with Gasteiger partial charge in [0.25, 0.3) is 0 Å². The summed E-state index contributed by atoms with van der Waals surface area (Å²) in [6.45, 7) is 0. The van der Waals surface area contributed by atoms with E-state index in [2.05, 4.69) is 0 Å². The fourth-order valence-electron chi connectivity index (χ4n) is 2.46. The van der Waals surface area contributed by atoms with Crippen molar-refractivity contribution in [1.82, 2.24) is 0 Å². The third-order valence-corrected chi connectivity index (χ3v) is 3.44. The van der Waals surface area contributed by atoms with E-state index in [1.165, 1.54) is 0 Å². The first-order valence-electron chi connectivity index (χ1n) is 6.38. The van der Waals surface area contributed by atoms with Crippen LogP contribution in [-0.4, -0.2) is 18.0 Å². The molecule has 0 fully saturated rings. The number of ketones is 1. The molecule has 0 atom stereocenters. The Kier molecular flexibility index (Phi) is 3.03. The molecule has 0 aliphatic heterocycles. The van der Waals surface area contributed by atoms with E-state index in [0.29, 0.717) is 12.0 Å². The first kappa shape index (κ1) is 12.5. The molecule has 1 aliphatic rings. The van der Waals surface area contributed by atoms with Gasteiger partial charge < -0.3 is 9.84 Å². The predicted molar refractivity (Wildman–Crippen MR) is 77.1 cm³/mol. The summed E-state index contributed by atoms with van der Waals surface area (Å²) < 4.78 is 5.18. The molecule has 0 radical (unpaired) electrons. The van der Waals surface area contributed by atoms with Crippen LogP contribution >= 0.6 is 0 Å². The SMILES string of the molecule is COc1cccc(/C=C2\Cc3cc(O)ccc3C2=O)c1. The lowest BCUT2D eigenvalue weighted by molar-refractivity contribution is 0.104. The average molecular weight is 266 g/mol. The summed E-state index contributed by atoms with van der Waals surface area (Å²) in [5.74, 6) is 0.988. The molecule has 0 bridgehead atoms. The highest BCUT2D eigenvalue weighted by atomic mass is 16.5. The first-order chi connectivity index (χ1) is 9.67. The summed E-state index contributed by atoms with van der Waals surface area (Å²) in [5.41, 5.74) is 3.23. The second-order valence-electron chi connectivity index (χ2n) is 4.79. The Labute approximate surface area is 117 Å². The molecule has 0 unspecified atom stereocenters. The number of benzene rings is 2. The van der Waals surface area contributed by atoms with Crippen molar-refractivity contribution in [2.45, 2.75) is 6.42 Å². The van der Waals surface area contributed by atoms with Crippen LogP contribution in [0.1, 0.15) is 21.5 Å². The molecule has 1 aliphatic carbocycles. The fraction of sp³-hybridized carbons (Fsp3) is 0.118. The van der Waals surface area contributed by atoms with Crippen LogP contribution in [0.25, 0.3) is 6.08 Å². The van der Waals surface area contributed by atoms with E-state index >= 15 is 0 Å². The van der Waals surface area contributed by atoms with Crippen molar-refractivity contribution in [3.05, 3.63) is 64.7 Å². The maximum absolute atomic E-state index is 12.3. The Bertz CT molecular complexity index is 714. The highest BCUT2D eigenvalue weighted by Gasteiger charge is 2.24. The lowest BCUT2D eigenvalue weighted by Crippen LogP contribution is -1.95. The summed E-state index contributed by atoms with van der Waals surface area (Å²) in [7, 11) is 1.62. The monoisotopic (exact) mass is 266 g/mol. The number of phenolic OH excluding ortho intramolecular Hbond substituents is 1. The summed E-state index contributed by atoms with van der Waals surface area (Å²) in [4.78, 5) is 12.3. The number of carbonyl (C=O) groups excluding carboxylic acids is 1. The largest absolute Gasteiger partial charge is 0.508 e. The Hall–Kier alpha value is -2.55. The number of phenols is 1. The molecule has 0 aromatic heterocycles. The van der Waals surface area contributed by atoms with Gasteiger partial charge in [0.2, 0.25) is 0 Å². The van der Waals surface area contributed by atoms with E-state index in [1.54, 1.807) is 25.3 Å². The van der Waals surface area contributed by atoms with Gasteiger partial charge in [-0.15, -0.1) is 0 Å². The molecule has 0 saturated carbocycles. The van der Waals surface area contributed by atoms with Crippen LogP contribution in [0.3, 0.4) is 0 Å². The Balaban J connectivity index is 1.96. The van der Waals surface area contributed by atoms with Crippen LogP contribution in [0, 0.1) is 0 Å². The lowest BCUT2D eigenvalue weighted by atomic mass is 10.1. The van der Waals surface area contributed by atoms with E-state index in [1.807, 2.05) is 30.3 Å². The number of aromatic hydroxyl groups is 1. The second-order valence-corrected chi connectivity index (χ2v) is 4.79. The number of carbonyl (C=O) groups is 1. The van der Waals surface area contributed by atoms with Gasteiger partial charge in [0, 0.05) is 17.6 Å². The quantitative estimate of drug-likeness (QED) is 0.849. The van der Waals surface area contributed by atoms with E-state index in [0.717, 1.165) is 22.4 Å². The van der Waals surface area contributed by atoms with Crippen molar-refractivity contribution in [2.75, 3.05) is 7.11 Å². The van der Waals surface area contributed by atoms with Crippen LogP contribution in [-0.2, 0) is 6.42 Å². The molecule has 0 amide bonds. The van der Waals surface area contributed by atoms with E-state index < -0.39 is 0 Å². The van der Waals surface area contributed by atoms with Crippen LogP contribution in [0.15, 0.2) is 48.0 Å². The molecule has 0 spiro atoms. The number of methoxy groups -OCH3 is 1. The van der Waals surface area contributed by atoms with Gasteiger partial charge in [-0.1, -0.05) is 12.1 Å². The van der Waals surface area contributed by atoms with Crippen molar-refractivity contribution < 1.29 is 14.6 Å². The molecule has 1 N–H and O–H groups in total. The fourth-order valence-corrected chi connectivity index (χ4v) is 2.46. The van der Waals surface area contributed by atoms with Crippen molar-refractivity contribution in [3.63, 3.8) is 0 Å². The maximum Gasteiger partial charge on any atom is 0.189 e. The molecular formula is C17H14O3. The first-order valence-corrected chi connectivity index (χ1v) is 6.38. The molecule has 3 heteroatoms. The minimum absolute atomic E-state index is 0.0304. The number of allylic oxidation sites excluding steroid dienone is 1. The maximum atomic E-state index is 12.3. The van der Waals surface area contributed by atoms with Crippen LogP contribution in [0.5, 0.6) is 11.5 Å². The Morgan fingerprint density at radius 1 is 1.20 bits per heavy atom. The van der Waals surface area contributed by atoms with Crippen molar-refractivity contribution in [2.24, 2.45) is 0 Å². The van der Waals surface area contributed by atoms with Gasteiger partial charge in [-0.05, 0) is 47.5 Å². The van der Waals surface area contributed by atoms with Gasteiger partial charge in [-0.2, -0.15) is 0 Å². The van der Waals surface area contributed by atoms with Crippen molar-refractivity contribution in [3.8, 4) is 11.5 Å². The summed E-state index contributed by atoms with van der Waals surface area (Å²) in [5, 5.41) is 9.48. The van der Waals surface area contributed by atoms with Gasteiger partial charge in [0.1, 0.15) is 11.5 Å². The summed E-state index contributed by atoms with van der Waals surface area (Å²) in [6.07, 6.45) is 2.43. The number of ether oxygens (including phenoxy) is 1.